The topological polar surface area (TPSA) is 91.2 Å². The van der Waals surface area contributed by atoms with Gasteiger partial charge in [-0.05, 0) is 93.1 Å². The maximum absolute atomic E-state index is 17.2. The van der Waals surface area contributed by atoms with Gasteiger partial charge in [0, 0.05) is 30.5 Å². The molecule has 0 bridgehead atoms. The van der Waals surface area contributed by atoms with Crippen molar-refractivity contribution in [3.8, 4) is 41.0 Å². The first-order valence-corrected chi connectivity index (χ1v) is 17.0. The molecular weight excluding hydrogens is 614 g/mol. The SMILES string of the molecule is C#Cc1c(F)ccc2cc(O)cc(-c3cc4c5c(nc(OC[C@@]67CCCN6C[C@H](C)C7)nc5c3F)N3CCCCC(C)(O)C3CCO4)c12. The van der Waals surface area contributed by atoms with Gasteiger partial charge in [-0.15, -0.1) is 6.42 Å². The number of hydrogen-bond acceptors (Lipinski definition) is 8. The summed E-state index contributed by atoms with van der Waals surface area (Å²) < 4.78 is 45.1. The highest BCUT2D eigenvalue weighted by atomic mass is 19.1. The van der Waals surface area contributed by atoms with Gasteiger partial charge in [-0.1, -0.05) is 18.9 Å². The number of phenolic OH excluding ortho intramolecular Hbond substituents is 1. The summed E-state index contributed by atoms with van der Waals surface area (Å²) >= 11 is 0. The van der Waals surface area contributed by atoms with Crippen LogP contribution in [0, 0.1) is 29.9 Å². The maximum Gasteiger partial charge on any atom is 0.319 e. The van der Waals surface area contributed by atoms with Gasteiger partial charge in [0.1, 0.15) is 35.3 Å². The fourth-order valence-corrected chi connectivity index (χ4v) is 9.01. The summed E-state index contributed by atoms with van der Waals surface area (Å²) in [6, 6.07) is 6.91. The minimum Gasteiger partial charge on any atom is -0.508 e. The Morgan fingerprint density at radius 3 is 2.77 bits per heavy atom. The van der Waals surface area contributed by atoms with Crippen LogP contribution in [0.2, 0.25) is 0 Å². The lowest BCUT2D eigenvalue weighted by molar-refractivity contribution is 0.0184. The van der Waals surface area contributed by atoms with Crippen molar-refractivity contribution in [2.75, 3.05) is 37.7 Å². The Labute approximate surface area is 278 Å². The van der Waals surface area contributed by atoms with Crippen LogP contribution in [0.1, 0.15) is 64.4 Å². The second-order valence-electron chi connectivity index (χ2n) is 14.5. The summed E-state index contributed by atoms with van der Waals surface area (Å²) in [7, 11) is 0. The van der Waals surface area contributed by atoms with Gasteiger partial charge in [0.05, 0.1) is 34.7 Å². The van der Waals surface area contributed by atoms with Crippen molar-refractivity contribution in [2.24, 2.45) is 5.92 Å². The van der Waals surface area contributed by atoms with Crippen molar-refractivity contribution < 1.29 is 28.5 Å². The van der Waals surface area contributed by atoms with E-state index in [-0.39, 0.29) is 52.2 Å². The van der Waals surface area contributed by atoms with Gasteiger partial charge in [-0.25, -0.2) is 8.78 Å². The number of anilines is 1. The Hall–Kier alpha value is -4.20. The number of aliphatic hydroxyl groups is 1. The molecular formula is C38H40F2N4O4. The molecule has 2 N–H and O–H groups in total. The molecule has 4 aliphatic rings. The van der Waals surface area contributed by atoms with Crippen LogP contribution >= 0.6 is 0 Å². The molecule has 0 amide bonds. The van der Waals surface area contributed by atoms with Crippen LogP contribution in [0.3, 0.4) is 0 Å². The van der Waals surface area contributed by atoms with E-state index in [0.29, 0.717) is 59.6 Å². The van der Waals surface area contributed by atoms with E-state index in [1.165, 1.54) is 24.3 Å². The molecule has 3 saturated heterocycles. The number of aromatic hydroxyl groups is 1. The molecule has 0 saturated carbocycles. The molecule has 2 unspecified atom stereocenters. The van der Waals surface area contributed by atoms with E-state index >= 15 is 8.78 Å². The van der Waals surface area contributed by atoms with Crippen LogP contribution in [0.4, 0.5) is 14.6 Å². The first-order valence-electron chi connectivity index (χ1n) is 17.0. The van der Waals surface area contributed by atoms with Crippen LogP contribution in [0.15, 0.2) is 30.3 Å². The first-order chi connectivity index (χ1) is 23.1. The summed E-state index contributed by atoms with van der Waals surface area (Å²) in [6.45, 7) is 7.42. The molecule has 250 valence electrons. The van der Waals surface area contributed by atoms with E-state index in [0.717, 1.165) is 45.2 Å². The van der Waals surface area contributed by atoms with Crippen molar-refractivity contribution in [1.82, 2.24) is 14.9 Å². The Kier molecular flexibility index (Phi) is 7.42. The molecule has 3 aromatic carbocycles. The van der Waals surface area contributed by atoms with Gasteiger partial charge in [0.25, 0.3) is 0 Å². The third-order valence-electron chi connectivity index (χ3n) is 11.1. The number of halogens is 2. The van der Waals surface area contributed by atoms with Crippen molar-refractivity contribution in [1.29, 1.82) is 0 Å². The number of terminal acetylenes is 1. The second-order valence-corrected chi connectivity index (χ2v) is 14.5. The van der Waals surface area contributed by atoms with Gasteiger partial charge in [0.2, 0.25) is 0 Å². The van der Waals surface area contributed by atoms with Gasteiger partial charge in [0.15, 0.2) is 5.82 Å². The van der Waals surface area contributed by atoms with Crippen LogP contribution in [0.5, 0.6) is 17.5 Å². The zero-order valence-corrected chi connectivity index (χ0v) is 27.4. The van der Waals surface area contributed by atoms with Gasteiger partial charge < -0.3 is 24.6 Å². The Morgan fingerprint density at radius 2 is 1.94 bits per heavy atom. The Balaban J connectivity index is 1.36. The average Bonchev–Trinajstić information content (AvgIpc) is 3.52. The molecule has 4 aromatic rings. The Bertz CT molecular complexity index is 1990. The van der Waals surface area contributed by atoms with Crippen LogP contribution in [-0.4, -0.2) is 75.1 Å². The van der Waals surface area contributed by atoms with E-state index in [2.05, 4.69) is 22.6 Å². The van der Waals surface area contributed by atoms with E-state index in [1.54, 1.807) is 6.07 Å². The zero-order valence-electron chi connectivity index (χ0n) is 27.4. The minimum atomic E-state index is -1.02. The number of hydrogen-bond donors (Lipinski definition) is 2. The van der Waals surface area contributed by atoms with E-state index in [4.69, 9.17) is 25.9 Å². The molecule has 0 radical (unpaired) electrons. The van der Waals surface area contributed by atoms with Crippen LogP contribution in [0.25, 0.3) is 32.8 Å². The van der Waals surface area contributed by atoms with Gasteiger partial charge >= 0.3 is 6.01 Å². The number of nitrogens with zero attached hydrogens (tertiary/aromatic N) is 4. The highest BCUT2D eigenvalue weighted by molar-refractivity contribution is 6.05. The number of rotatable bonds is 4. The molecule has 3 fully saturated rings. The molecule has 0 aliphatic carbocycles. The summed E-state index contributed by atoms with van der Waals surface area (Å²) in [5, 5.41) is 23.5. The van der Waals surface area contributed by atoms with Crippen LogP contribution < -0.4 is 14.4 Å². The predicted molar refractivity (Wildman–Crippen MR) is 181 cm³/mol. The predicted octanol–water partition coefficient (Wildman–Crippen LogP) is 6.56. The fraction of sp³-hybridized carbons (Fsp3) is 0.474. The summed E-state index contributed by atoms with van der Waals surface area (Å²) in [4.78, 5) is 14.3. The lowest BCUT2D eigenvalue weighted by atomic mass is 9.88. The monoisotopic (exact) mass is 654 g/mol. The normalized spacial score (nSPS) is 27.1. The largest absolute Gasteiger partial charge is 0.508 e. The Morgan fingerprint density at radius 1 is 1.08 bits per heavy atom. The molecule has 0 spiro atoms. The van der Waals surface area contributed by atoms with Crippen molar-refractivity contribution in [2.45, 2.75) is 76.0 Å². The third kappa shape index (κ3) is 4.93. The molecule has 8 nitrogen and oxygen atoms in total. The number of benzene rings is 3. The molecule has 10 heteroatoms. The lowest BCUT2D eigenvalue weighted by Gasteiger charge is -2.41. The molecule has 4 aliphatic heterocycles. The summed E-state index contributed by atoms with van der Waals surface area (Å²) in [5.41, 5.74) is -0.892. The fourth-order valence-electron chi connectivity index (χ4n) is 9.01. The number of phenols is 1. The standard InChI is InChI=1S/C38H40F2N4O4/c1-4-25-28(39)9-8-23-16-24(45)17-26(31(23)25)27-18-29-32-34(33(27)40)41-36(48-21-38-12-7-13-43(38)20-22(2)19-38)42-35(32)44-14-6-5-11-37(3,46)30(44)10-15-47-29/h1,8-9,16-18,22,30,45-46H,5-7,10-15,19-21H2,2-3H3/t22-,30?,37?,38+/m1/s1. The van der Waals surface area contributed by atoms with Crippen LogP contribution in [-0.2, 0) is 0 Å². The molecule has 1 aromatic heterocycles. The highest BCUT2D eigenvalue weighted by Gasteiger charge is 2.48. The molecule has 8 rings (SSSR count). The average molecular weight is 655 g/mol. The number of aromatic nitrogens is 2. The van der Waals surface area contributed by atoms with E-state index in [1.807, 2.05) is 6.92 Å². The lowest BCUT2D eigenvalue weighted by Crippen LogP contribution is -2.51. The van der Waals surface area contributed by atoms with Crippen molar-refractivity contribution in [3.05, 3.63) is 47.5 Å². The smallest absolute Gasteiger partial charge is 0.319 e. The number of ether oxygens (including phenoxy) is 2. The second kappa shape index (κ2) is 11.5. The molecule has 48 heavy (non-hydrogen) atoms. The first kappa shape index (κ1) is 31.1. The molecule has 4 atom stereocenters. The zero-order chi connectivity index (χ0) is 33.4. The van der Waals surface area contributed by atoms with E-state index in [9.17, 15) is 10.2 Å². The van der Waals surface area contributed by atoms with Crippen molar-refractivity contribution >= 4 is 27.5 Å². The maximum atomic E-state index is 17.2. The van der Waals surface area contributed by atoms with Gasteiger partial charge in [-0.2, -0.15) is 9.97 Å². The quantitative estimate of drug-likeness (QED) is 0.239. The summed E-state index contributed by atoms with van der Waals surface area (Å²) in [6.07, 6.45) is 11.7. The number of fused-ring (bicyclic) bond motifs is 4. The third-order valence-corrected chi connectivity index (χ3v) is 11.1. The van der Waals surface area contributed by atoms with Crippen molar-refractivity contribution in [3.63, 3.8) is 0 Å². The van der Waals surface area contributed by atoms with Gasteiger partial charge in [-0.3, -0.25) is 4.90 Å². The highest BCUT2D eigenvalue weighted by Crippen LogP contribution is 2.47. The minimum absolute atomic E-state index is 0.0113. The van der Waals surface area contributed by atoms with E-state index < -0.39 is 17.2 Å². The molecule has 5 heterocycles. The summed E-state index contributed by atoms with van der Waals surface area (Å²) in [5.74, 6) is 2.34.